The molecule has 1 rings (SSSR count). The number of Topliss-reactive ketones (excluding diaryl/α,β-unsaturated/α-hetero) is 1. The second-order valence-corrected chi connectivity index (χ2v) is 3.92. The van der Waals surface area contributed by atoms with Gasteiger partial charge in [0, 0.05) is 5.69 Å². The van der Waals surface area contributed by atoms with E-state index in [9.17, 15) is 4.79 Å². The fourth-order valence-corrected chi connectivity index (χ4v) is 1.66. The summed E-state index contributed by atoms with van der Waals surface area (Å²) < 4.78 is 0. The van der Waals surface area contributed by atoms with Crippen molar-refractivity contribution < 1.29 is 4.79 Å². The Morgan fingerprint density at radius 2 is 2.00 bits per heavy atom. The van der Waals surface area contributed by atoms with Crippen molar-refractivity contribution in [1.29, 1.82) is 0 Å². The van der Waals surface area contributed by atoms with Gasteiger partial charge in [0.1, 0.15) is 12.1 Å². The van der Waals surface area contributed by atoms with E-state index in [-0.39, 0.29) is 17.6 Å². The maximum Gasteiger partial charge on any atom is 0.139 e. The molecule has 0 aliphatic heterocycles. The molecule has 0 radical (unpaired) electrons. The van der Waals surface area contributed by atoms with Crippen LogP contribution in [0.25, 0.3) is 0 Å². The summed E-state index contributed by atoms with van der Waals surface area (Å²) in [7, 11) is 0. The highest BCUT2D eigenvalue weighted by Gasteiger charge is 2.21. The molecule has 0 spiro atoms. The van der Waals surface area contributed by atoms with Gasteiger partial charge in [0.05, 0.1) is 11.6 Å². The van der Waals surface area contributed by atoms with Gasteiger partial charge in [0.25, 0.3) is 0 Å². The van der Waals surface area contributed by atoms with Crippen molar-refractivity contribution >= 4 is 5.78 Å². The zero-order valence-corrected chi connectivity index (χ0v) is 9.11. The second-order valence-electron chi connectivity index (χ2n) is 3.92. The lowest BCUT2D eigenvalue weighted by molar-refractivity contribution is -0.119. The van der Waals surface area contributed by atoms with Gasteiger partial charge in [0.2, 0.25) is 0 Å². The van der Waals surface area contributed by atoms with Crippen LogP contribution >= 0.6 is 0 Å². The first-order chi connectivity index (χ1) is 6.52. The van der Waals surface area contributed by atoms with Crippen LogP contribution in [0, 0.1) is 12.8 Å². The molecule has 0 saturated heterocycles. The molecule has 0 fully saturated rings. The van der Waals surface area contributed by atoms with Crippen molar-refractivity contribution in [1.82, 2.24) is 9.97 Å². The first-order valence-corrected chi connectivity index (χ1v) is 4.81. The van der Waals surface area contributed by atoms with E-state index in [1.807, 2.05) is 26.8 Å². The molecular weight excluding hydrogens is 176 g/mol. The van der Waals surface area contributed by atoms with Crippen LogP contribution in [0.4, 0.5) is 0 Å². The van der Waals surface area contributed by atoms with Gasteiger partial charge < -0.3 is 0 Å². The smallest absolute Gasteiger partial charge is 0.139 e. The summed E-state index contributed by atoms with van der Waals surface area (Å²) in [6.07, 6.45) is 1.52. The van der Waals surface area contributed by atoms with Gasteiger partial charge in [-0.3, -0.25) is 4.79 Å². The van der Waals surface area contributed by atoms with E-state index in [4.69, 9.17) is 0 Å². The molecule has 1 unspecified atom stereocenters. The van der Waals surface area contributed by atoms with Crippen LogP contribution in [0.3, 0.4) is 0 Å². The van der Waals surface area contributed by atoms with E-state index in [1.165, 1.54) is 6.33 Å². The Hall–Kier alpha value is -1.25. The third-order valence-electron chi connectivity index (χ3n) is 2.25. The molecule has 0 amide bonds. The van der Waals surface area contributed by atoms with Crippen molar-refractivity contribution in [2.75, 3.05) is 0 Å². The van der Waals surface area contributed by atoms with E-state index in [1.54, 1.807) is 6.92 Å². The van der Waals surface area contributed by atoms with Crippen LogP contribution in [-0.4, -0.2) is 15.8 Å². The van der Waals surface area contributed by atoms with E-state index in [2.05, 4.69) is 9.97 Å². The monoisotopic (exact) mass is 192 g/mol. The predicted molar refractivity (Wildman–Crippen MR) is 55.0 cm³/mol. The number of carbonyl (C=O) groups is 1. The number of ketones is 1. The number of aryl methyl sites for hydroxylation is 1. The number of nitrogens with zero attached hydrogens (tertiary/aromatic N) is 2. The lowest BCUT2D eigenvalue weighted by atomic mass is 9.89. The second kappa shape index (κ2) is 4.31. The molecule has 1 aromatic rings. The fourth-order valence-electron chi connectivity index (χ4n) is 1.66. The van der Waals surface area contributed by atoms with Crippen LogP contribution in [0.1, 0.15) is 38.1 Å². The summed E-state index contributed by atoms with van der Waals surface area (Å²) in [6, 6.07) is 1.88. The average Bonchev–Trinajstić information content (AvgIpc) is 2.02. The quantitative estimate of drug-likeness (QED) is 0.736. The number of hydrogen-bond acceptors (Lipinski definition) is 3. The molecule has 1 atom stereocenters. The Balaban J connectivity index is 3.05. The van der Waals surface area contributed by atoms with Gasteiger partial charge in [-0.25, -0.2) is 9.97 Å². The van der Waals surface area contributed by atoms with Gasteiger partial charge >= 0.3 is 0 Å². The first-order valence-electron chi connectivity index (χ1n) is 4.81. The molecule has 0 bridgehead atoms. The van der Waals surface area contributed by atoms with Gasteiger partial charge in [-0.2, -0.15) is 0 Å². The Labute approximate surface area is 84.6 Å². The molecule has 0 aliphatic rings. The normalized spacial score (nSPS) is 12.9. The lowest BCUT2D eigenvalue weighted by Crippen LogP contribution is -2.17. The molecule has 0 N–H and O–H groups in total. The topological polar surface area (TPSA) is 42.9 Å². The van der Waals surface area contributed by atoms with Crippen LogP contribution in [0.2, 0.25) is 0 Å². The molecule has 3 nitrogen and oxygen atoms in total. The molecule has 76 valence electrons. The minimum absolute atomic E-state index is 0.100. The van der Waals surface area contributed by atoms with Gasteiger partial charge in [0.15, 0.2) is 0 Å². The minimum Gasteiger partial charge on any atom is -0.299 e. The highest BCUT2D eigenvalue weighted by Crippen LogP contribution is 2.23. The van der Waals surface area contributed by atoms with Crippen molar-refractivity contribution in [2.24, 2.45) is 5.92 Å². The zero-order chi connectivity index (χ0) is 10.7. The Morgan fingerprint density at radius 3 is 2.43 bits per heavy atom. The van der Waals surface area contributed by atoms with E-state index >= 15 is 0 Å². The minimum atomic E-state index is -0.100. The van der Waals surface area contributed by atoms with Crippen LogP contribution < -0.4 is 0 Å². The zero-order valence-electron chi connectivity index (χ0n) is 9.11. The summed E-state index contributed by atoms with van der Waals surface area (Å²) in [5, 5.41) is 0. The average molecular weight is 192 g/mol. The molecule has 14 heavy (non-hydrogen) atoms. The third-order valence-corrected chi connectivity index (χ3v) is 2.25. The van der Waals surface area contributed by atoms with Gasteiger partial charge in [-0.15, -0.1) is 0 Å². The summed E-state index contributed by atoms with van der Waals surface area (Å²) in [6.45, 7) is 7.58. The predicted octanol–water partition coefficient (Wildman–Crippen LogP) is 2.11. The van der Waals surface area contributed by atoms with Crippen LogP contribution in [-0.2, 0) is 4.79 Å². The van der Waals surface area contributed by atoms with Gasteiger partial charge in [-0.05, 0) is 25.8 Å². The molecule has 3 heteroatoms. The molecule has 0 aromatic carbocycles. The van der Waals surface area contributed by atoms with Crippen molar-refractivity contribution in [3.63, 3.8) is 0 Å². The summed E-state index contributed by atoms with van der Waals surface area (Å²) in [5.74, 6) is 0.344. The third kappa shape index (κ3) is 2.37. The van der Waals surface area contributed by atoms with E-state index < -0.39 is 0 Å². The van der Waals surface area contributed by atoms with E-state index in [0.717, 1.165) is 11.4 Å². The standard InChI is InChI=1S/C11H16N2O/c1-7(2)11(9(4)14)10-5-8(3)12-6-13-10/h5-7,11H,1-4H3. The lowest BCUT2D eigenvalue weighted by Gasteiger charge is -2.16. The molecule has 1 aromatic heterocycles. The Morgan fingerprint density at radius 1 is 1.36 bits per heavy atom. The highest BCUT2D eigenvalue weighted by atomic mass is 16.1. The summed E-state index contributed by atoms with van der Waals surface area (Å²) in [5.41, 5.74) is 1.74. The summed E-state index contributed by atoms with van der Waals surface area (Å²) in [4.78, 5) is 19.6. The first kappa shape index (κ1) is 10.8. The fraction of sp³-hybridized carbons (Fsp3) is 0.545. The van der Waals surface area contributed by atoms with Crippen LogP contribution in [0.15, 0.2) is 12.4 Å². The Bertz CT molecular complexity index is 334. The largest absolute Gasteiger partial charge is 0.299 e. The van der Waals surface area contributed by atoms with Crippen LogP contribution in [0.5, 0.6) is 0 Å². The number of hydrogen-bond donors (Lipinski definition) is 0. The summed E-state index contributed by atoms with van der Waals surface area (Å²) >= 11 is 0. The number of carbonyl (C=O) groups excluding carboxylic acids is 1. The Kier molecular flexibility index (Phi) is 3.33. The number of aromatic nitrogens is 2. The molecular formula is C11H16N2O. The molecule has 0 aliphatic carbocycles. The SMILES string of the molecule is CC(=O)C(c1cc(C)ncn1)C(C)C. The van der Waals surface area contributed by atoms with Gasteiger partial charge in [-0.1, -0.05) is 13.8 Å². The van der Waals surface area contributed by atoms with Crippen molar-refractivity contribution in [2.45, 2.75) is 33.6 Å². The van der Waals surface area contributed by atoms with Crippen molar-refractivity contribution in [3.8, 4) is 0 Å². The molecule has 0 saturated carbocycles. The highest BCUT2D eigenvalue weighted by molar-refractivity contribution is 5.83. The van der Waals surface area contributed by atoms with Crippen molar-refractivity contribution in [3.05, 3.63) is 23.8 Å². The van der Waals surface area contributed by atoms with E-state index in [0.29, 0.717) is 0 Å². The number of rotatable bonds is 3. The maximum absolute atomic E-state index is 11.4. The maximum atomic E-state index is 11.4. The molecule has 1 heterocycles.